The molecule has 5 heteroatoms. The molecule has 0 aromatic heterocycles. The fourth-order valence-electron chi connectivity index (χ4n) is 12.7. The largest absolute Gasteiger partial charge is 1.00 e. The summed E-state index contributed by atoms with van der Waals surface area (Å²) in [6, 6.07) is 18.5. The molecule has 8 bridgehead atoms. The van der Waals surface area contributed by atoms with Gasteiger partial charge in [0, 0.05) is 18.7 Å². The number of benzene rings is 2. The molecule has 1 heterocycles. The van der Waals surface area contributed by atoms with Crippen LogP contribution in [0.4, 0.5) is 0 Å². The Morgan fingerprint density at radius 2 is 1.14 bits per heavy atom. The summed E-state index contributed by atoms with van der Waals surface area (Å²) in [4.78, 5) is 15.7. The van der Waals surface area contributed by atoms with Crippen LogP contribution in [0.1, 0.15) is 107 Å². The van der Waals surface area contributed by atoms with Crippen LogP contribution in [0, 0.1) is 35.5 Å². The quantitative estimate of drug-likeness (QED) is 0.268. The maximum absolute atomic E-state index is 13.6. The molecule has 0 N–H and O–H groups in total. The molecule has 0 radical (unpaired) electrons. The number of piperidine rings is 1. The normalized spacial score (nSPS) is 39.2. The molecule has 0 atom stereocenters. The minimum absolute atomic E-state index is 0. The summed E-state index contributed by atoms with van der Waals surface area (Å²) in [5.41, 5.74) is 3.66. The zero-order valence-electron chi connectivity index (χ0n) is 25.6. The molecule has 1 aliphatic heterocycles. The third-order valence-corrected chi connectivity index (χ3v) is 17.0. The van der Waals surface area contributed by atoms with E-state index in [0.29, 0.717) is 10.3 Å². The van der Waals surface area contributed by atoms with Gasteiger partial charge in [0.1, 0.15) is 0 Å². The van der Waals surface area contributed by atoms with Crippen LogP contribution in [-0.2, 0) is 22.4 Å². The van der Waals surface area contributed by atoms with Gasteiger partial charge < -0.3 is 17.3 Å². The summed E-state index contributed by atoms with van der Waals surface area (Å²) in [5.74, 6) is 6.23. The van der Waals surface area contributed by atoms with Crippen LogP contribution in [0.15, 0.2) is 48.5 Å². The van der Waals surface area contributed by atoms with Gasteiger partial charge in [-0.1, -0.05) is 44.3 Å². The molecule has 234 valence electrons. The number of likely N-dealkylation sites (tertiary alicyclic amines) is 1. The third kappa shape index (κ3) is 5.26. The molecule has 8 aliphatic carbocycles. The standard InChI is InChI=1S/C38H48NOP.Au.ClH/c40-36(39-11-4-1-5-12-39)33-8-6-7-32(19-33)34-9-2-3-10-35(34)41(37-20-26-13-27(21-37)15-28(14-26)22-37)38-23-29-16-30(24-38)18-31(17-29)25-38;;/h2-3,6-10,19,26-31H,1,4-5,11-18,20-25H2;;1H/q;+1;/p-1. The van der Waals surface area contributed by atoms with Gasteiger partial charge in [0.05, 0.1) is 0 Å². The van der Waals surface area contributed by atoms with Crippen LogP contribution in [0.2, 0.25) is 0 Å². The van der Waals surface area contributed by atoms with Crippen molar-refractivity contribution in [3.05, 3.63) is 54.1 Å². The average molecular weight is 798 g/mol. The second kappa shape index (κ2) is 11.9. The first-order chi connectivity index (χ1) is 20.1. The smallest absolute Gasteiger partial charge is 1.00 e. The first kappa shape index (κ1) is 31.0. The van der Waals surface area contributed by atoms with E-state index in [-0.39, 0.29) is 48.6 Å². The van der Waals surface area contributed by atoms with Gasteiger partial charge in [-0.15, -0.1) is 0 Å². The van der Waals surface area contributed by atoms with Crippen molar-refractivity contribution in [1.82, 2.24) is 4.90 Å². The Hall–Kier alpha value is -0.630. The van der Waals surface area contributed by atoms with Gasteiger partial charge in [-0.2, -0.15) is 0 Å². The first-order valence-corrected chi connectivity index (χ1v) is 18.7. The van der Waals surface area contributed by atoms with Crippen molar-refractivity contribution in [3.8, 4) is 11.1 Å². The number of amides is 1. The van der Waals surface area contributed by atoms with Gasteiger partial charge in [-0.3, -0.25) is 4.79 Å². The van der Waals surface area contributed by atoms with Crippen molar-refractivity contribution >= 4 is 19.1 Å². The second-order valence-corrected chi connectivity index (χ2v) is 19.1. The van der Waals surface area contributed by atoms with E-state index < -0.39 is 0 Å². The number of carbonyl (C=O) groups excluding carboxylic acids is 1. The number of hydrogen-bond acceptors (Lipinski definition) is 1. The first-order valence-electron chi connectivity index (χ1n) is 17.3. The van der Waals surface area contributed by atoms with Crippen molar-refractivity contribution in [2.45, 2.75) is 107 Å². The van der Waals surface area contributed by atoms with Crippen molar-refractivity contribution in [2.75, 3.05) is 13.1 Å². The molecule has 0 unspecified atom stereocenters. The monoisotopic (exact) mass is 797 g/mol. The Morgan fingerprint density at radius 1 is 0.651 bits per heavy atom. The summed E-state index contributed by atoms with van der Waals surface area (Å²) in [6.07, 6.45) is 21.9. The zero-order valence-corrected chi connectivity index (χ0v) is 29.4. The molecular weight excluding hydrogens is 750 g/mol. The Balaban J connectivity index is 0.00000150. The van der Waals surface area contributed by atoms with Gasteiger partial charge in [-0.05, 0) is 171 Å². The van der Waals surface area contributed by atoms with Crippen LogP contribution in [0.25, 0.3) is 11.1 Å². The molecule has 0 spiro atoms. The maximum Gasteiger partial charge on any atom is 1.00 e. The zero-order chi connectivity index (χ0) is 27.2. The van der Waals surface area contributed by atoms with Gasteiger partial charge in [0.2, 0.25) is 0 Å². The average Bonchev–Trinajstić information content (AvgIpc) is 2.96. The van der Waals surface area contributed by atoms with Crippen molar-refractivity contribution in [2.24, 2.45) is 35.5 Å². The molecule has 9 aliphatic rings. The summed E-state index contributed by atoms with van der Waals surface area (Å²) >= 11 is 0. The van der Waals surface area contributed by atoms with Gasteiger partial charge >= 0.3 is 22.4 Å². The molecule has 8 saturated carbocycles. The van der Waals surface area contributed by atoms with E-state index in [1.54, 1.807) is 5.30 Å². The fraction of sp³-hybridized carbons (Fsp3) is 0.658. The van der Waals surface area contributed by atoms with Crippen LogP contribution >= 0.6 is 7.92 Å². The summed E-state index contributed by atoms with van der Waals surface area (Å²) in [6.45, 7) is 1.84. The SMILES string of the molecule is O=C(c1cccc(-c2ccccc2P(C23CC4CC(CC(C4)C2)C3)C23CC4CC(CC(C4)C2)C3)c1)N1CCCCC1.[Au+].[Cl-]. The van der Waals surface area contributed by atoms with E-state index in [1.807, 2.05) is 0 Å². The predicted octanol–water partition coefficient (Wildman–Crippen LogP) is 6.03. The third-order valence-electron chi connectivity index (χ3n) is 13.2. The molecule has 2 nitrogen and oxygen atoms in total. The minimum atomic E-state index is -0.281. The van der Waals surface area contributed by atoms with Crippen LogP contribution < -0.4 is 17.7 Å². The summed E-state index contributed by atoms with van der Waals surface area (Å²) in [7, 11) is -0.281. The molecule has 9 fully saturated rings. The number of nitrogens with zero attached hydrogens (tertiary/aromatic N) is 1. The Bertz CT molecular complexity index is 1240. The Morgan fingerprint density at radius 3 is 1.65 bits per heavy atom. The van der Waals surface area contributed by atoms with Crippen LogP contribution in [-0.4, -0.2) is 34.2 Å². The van der Waals surface area contributed by atoms with E-state index in [9.17, 15) is 4.79 Å². The summed E-state index contributed by atoms with van der Waals surface area (Å²) < 4.78 is 0. The van der Waals surface area contributed by atoms with E-state index in [2.05, 4.69) is 53.4 Å². The fourth-order valence-corrected chi connectivity index (χ4v) is 18.1. The number of carbonyl (C=O) groups is 1. The van der Waals surface area contributed by atoms with Crippen LogP contribution in [0.5, 0.6) is 0 Å². The molecule has 43 heavy (non-hydrogen) atoms. The number of halogens is 1. The molecule has 11 rings (SSSR count). The van der Waals surface area contributed by atoms with E-state index >= 15 is 0 Å². The molecule has 2 aromatic carbocycles. The maximum atomic E-state index is 13.6. The van der Waals surface area contributed by atoms with Crippen molar-refractivity contribution in [1.29, 1.82) is 0 Å². The minimum Gasteiger partial charge on any atom is -1.00 e. The van der Waals surface area contributed by atoms with Gasteiger partial charge in [-0.25, -0.2) is 0 Å². The molecule has 1 amide bonds. The topological polar surface area (TPSA) is 20.3 Å². The van der Waals surface area contributed by atoms with Crippen molar-refractivity contribution in [3.63, 3.8) is 0 Å². The Labute approximate surface area is 282 Å². The van der Waals surface area contributed by atoms with E-state index in [4.69, 9.17) is 0 Å². The Kier molecular flexibility index (Phi) is 8.56. The predicted molar refractivity (Wildman–Crippen MR) is 170 cm³/mol. The van der Waals surface area contributed by atoms with Gasteiger partial charge in [0.25, 0.3) is 5.91 Å². The van der Waals surface area contributed by atoms with Gasteiger partial charge in [0.15, 0.2) is 0 Å². The van der Waals surface area contributed by atoms with Crippen LogP contribution in [0.3, 0.4) is 0 Å². The second-order valence-electron chi connectivity index (χ2n) is 16.1. The molecule has 1 saturated heterocycles. The van der Waals surface area contributed by atoms with E-state index in [0.717, 1.165) is 67.0 Å². The molecular formula is C38H48AuClNOP. The summed E-state index contributed by atoms with van der Waals surface area (Å²) in [5, 5.41) is 2.86. The molecule has 2 aromatic rings. The number of rotatable bonds is 5. The van der Waals surface area contributed by atoms with Crippen molar-refractivity contribution < 1.29 is 39.6 Å². The number of hydrogen-bond donors (Lipinski definition) is 0. The van der Waals surface area contributed by atoms with E-state index in [1.165, 1.54) is 94.6 Å².